The van der Waals surface area contributed by atoms with Gasteiger partial charge in [0, 0.05) is 23.7 Å². The lowest BCUT2D eigenvalue weighted by Gasteiger charge is -2.35. The Morgan fingerprint density at radius 2 is 1.97 bits per heavy atom. The van der Waals surface area contributed by atoms with Crippen LogP contribution in [0.4, 0.5) is 0 Å². The van der Waals surface area contributed by atoms with Gasteiger partial charge in [0.25, 0.3) is 0 Å². The van der Waals surface area contributed by atoms with Crippen molar-refractivity contribution in [3.8, 4) is 0 Å². The fourth-order valence-corrected chi connectivity index (χ4v) is 4.35. The molecule has 2 atom stereocenters. The van der Waals surface area contributed by atoms with Gasteiger partial charge in [0.1, 0.15) is 18.1 Å². The summed E-state index contributed by atoms with van der Waals surface area (Å²) in [7, 11) is 0. The zero-order chi connectivity index (χ0) is 25.0. The molecule has 1 aliphatic rings. The second-order valence-electron chi connectivity index (χ2n) is 9.60. The van der Waals surface area contributed by atoms with Gasteiger partial charge in [-0.1, -0.05) is 48.0 Å². The van der Waals surface area contributed by atoms with E-state index < -0.39 is 11.6 Å². The summed E-state index contributed by atoms with van der Waals surface area (Å²) < 4.78 is 7.44. The van der Waals surface area contributed by atoms with Gasteiger partial charge in [0.15, 0.2) is 0 Å². The summed E-state index contributed by atoms with van der Waals surface area (Å²) in [5, 5.41) is 12.0. The molecule has 1 saturated heterocycles. The molecule has 3 aromatic rings. The minimum atomic E-state index is -0.843. The Morgan fingerprint density at radius 1 is 1.23 bits per heavy atom. The molecule has 9 heteroatoms. The van der Waals surface area contributed by atoms with Crippen LogP contribution >= 0.6 is 11.6 Å². The number of halogens is 1. The summed E-state index contributed by atoms with van der Waals surface area (Å²) in [5.74, 6) is -0.477. The number of nitrogens with zero attached hydrogens (tertiary/aromatic N) is 4. The van der Waals surface area contributed by atoms with Crippen LogP contribution in [-0.4, -0.2) is 56.5 Å². The predicted octanol–water partition coefficient (Wildman–Crippen LogP) is 4.14. The van der Waals surface area contributed by atoms with E-state index in [-0.39, 0.29) is 24.5 Å². The largest absolute Gasteiger partial charge is 0.376 e. The molecule has 0 spiro atoms. The van der Waals surface area contributed by atoms with Crippen LogP contribution in [-0.2, 0) is 20.9 Å². The molecule has 1 N–H and O–H groups in total. The smallest absolute Gasteiger partial charge is 0.247 e. The topological polar surface area (TPSA) is 89.4 Å². The Morgan fingerprint density at radius 3 is 2.66 bits per heavy atom. The van der Waals surface area contributed by atoms with Gasteiger partial charge in [-0.15, -0.1) is 5.10 Å². The maximum Gasteiger partial charge on any atom is 0.247 e. The van der Waals surface area contributed by atoms with Crippen molar-refractivity contribution in [1.82, 2.24) is 25.2 Å². The van der Waals surface area contributed by atoms with Gasteiger partial charge in [0.2, 0.25) is 11.8 Å². The Bertz CT molecular complexity index is 1170. The lowest BCUT2D eigenvalue weighted by molar-refractivity contribution is -0.144. The van der Waals surface area contributed by atoms with E-state index in [0.29, 0.717) is 29.3 Å². The van der Waals surface area contributed by atoms with Crippen molar-refractivity contribution in [3.05, 3.63) is 59.1 Å². The van der Waals surface area contributed by atoms with Gasteiger partial charge in [-0.3, -0.25) is 9.59 Å². The molecule has 4 rings (SSSR count). The lowest BCUT2D eigenvalue weighted by Crippen LogP contribution is -2.52. The molecule has 8 nitrogen and oxygen atoms in total. The Kier molecular flexibility index (Phi) is 7.72. The Balaban J connectivity index is 1.70. The van der Waals surface area contributed by atoms with E-state index in [1.54, 1.807) is 33.8 Å². The molecule has 0 aliphatic carbocycles. The quantitative estimate of drug-likeness (QED) is 0.480. The first kappa shape index (κ1) is 25.1. The van der Waals surface area contributed by atoms with Crippen LogP contribution in [0.3, 0.4) is 0 Å². The number of ether oxygens (including phenoxy) is 1. The average Bonchev–Trinajstić information content (AvgIpc) is 3.50. The number of para-hydroxylation sites is 1. The van der Waals surface area contributed by atoms with E-state index >= 15 is 0 Å². The molecule has 0 saturated carbocycles. The lowest BCUT2D eigenvalue weighted by atomic mass is 9.98. The van der Waals surface area contributed by atoms with E-state index in [0.717, 1.165) is 24.8 Å². The summed E-state index contributed by atoms with van der Waals surface area (Å²) in [6, 6.07) is 13.7. The van der Waals surface area contributed by atoms with Crippen LogP contribution in [0.25, 0.3) is 11.0 Å². The summed E-state index contributed by atoms with van der Waals surface area (Å²) in [6.07, 6.45) is 2.39. The third-order valence-corrected chi connectivity index (χ3v) is 6.79. The second kappa shape index (κ2) is 10.7. The fraction of sp³-hybridized carbons (Fsp3) is 0.462. The molecule has 1 fully saturated rings. The molecule has 35 heavy (non-hydrogen) atoms. The monoisotopic (exact) mass is 497 g/mol. The van der Waals surface area contributed by atoms with Crippen molar-refractivity contribution >= 4 is 34.4 Å². The number of nitrogens with one attached hydrogen (secondary N) is 1. The van der Waals surface area contributed by atoms with Crippen LogP contribution in [0.1, 0.15) is 51.6 Å². The summed E-state index contributed by atoms with van der Waals surface area (Å²) in [4.78, 5) is 29.2. The third kappa shape index (κ3) is 6.00. The maximum atomic E-state index is 13.8. The van der Waals surface area contributed by atoms with Crippen LogP contribution in [0, 0.1) is 0 Å². The van der Waals surface area contributed by atoms with E-state index in [1.165, 1.54) is 0 Å². The minimum Gasteiger partial charge on any atom is -0.376 e. The molecule has 1 aromatic heterocycles. The van der Waals surface area contributed by atoms with Crippen molar-refractivity contribution < 1.29 is 14.3 Å². The third-order valence-electron chi connectivity index (χ3n) is 6.54. The summed E-state index contributed by atoms with van der Waals surface area (Å²) >= 11 is 6.14. The zero-order valence-corrected chi connectivity index (χ0v) is 21.2. The number of hydrogen-bond donors (Lipinski definition) is 1. The first-order valence-electron chi connectivity index (χ1n) is 12.0. The maximum absolute atomic E-state index is 13.8. The van der Waals surface area contributed by atoms with Gasteiger partial charge in [-0.25, -0.2) is 4.68 Å². The molecule has 0 bridgehead atoms. The van der Waals surface area contributed by atoms with Gasteiger partial charge in [0.05, 0.1) is 11.6 Å². The molecule has 186 valence electrons. The SMILES string of the molecule is CCC(C)(C)NC(=O)[C@@H](c1ccc(Cl)cc1)N(C[C@@H]1CCCO1)C(=O)Cn1nnc2ccccc21. The van der Waals surface area contributed by atoms with Gasteiger partial charge in [-0.05, 0) is 62.9 Å². The highest BCUT2D eigenvalue weighted by Gasteiger charge is 2.36. The number of rotatable bonds is 9. The van der Waals surface area contributed by atoms with Crippen molar-refractivity contribution in [3.63, 3.8) is 0 Å². The highest BCUT2D eigenvalue weighted by atomic mass is 35.5. The summed E-state index contributed by atoms with van der Waals surface area (Å²) in [5.41, 5.74) is 1.73. The van der Waals surface area contributed by atoms with Crippen LogP contribution in [0.15, 0.2) is 48.5 Å². The Labute approximate surface area is 210 Å². The predicted molar refractivity (Wildman–Crippen MR) is 135 cm³/mol. The molecule has 2 amide bonds. The molecule has 0 radical (unpaired) electrons. The molecule has 2 heterocycles. The van der Waals surface area contributed by atoms with Crippen LogP contribution in [0.5, 0.6) is 0 Å². The number of aromatic nitrogens is 3. The molecular formula is C26H32ClN5O3. The van der Waals surface area contributed by atoms with Crippen molar-refractivity contribution in [2.24, 2.45) is 0 Å². The Hall–Kier alpha value is -2.97. The number of hydrogen-bond acceptors (Lipinski definition) is 5. The fourth-order valence-electron chi connectivity index (χ4n) is 4.22. The van der Waals surface area contributed by atoms with Gasteiger partial charge in [-0.2, -0.15) is 0 Å². The van der Waals surface area contributed by atoms with Crippen molar-refractivity contribution in [2.75, 3.05) is 13.2 Å². The van der Waals surface area contributed by atoms with E-state index in [2.05, 4.69) is 15.6 Å². The van der Waals surface area contributed by atoms with Crippen LogP contribution < -0.4 is 5.32 Å². The number of fused-ring (bicyclic) bond motifs is 1. The number of carbonyl (C=O) groups is 2. The van der Waals surface area contributed by atoms with E-state index in [1.807, 2.05) is 45.0 Å². The molecule has 1 aliphatic heterocycles. The number of benzene rings is 2. The van der Waals surface area contributed by atoms with Crippen LogP contribution in [0.2, 0.25) is 5.02 Å². The van der Waals surface area contributed by atoms with Crippen molar-refractivity contribution in [1.29, 1.82) is 0 Å². The highest BCUT2D eigenvalue weighted by molar-refractivity contribution is 6.30. The molecular weight excluding hydrogens is 466 g/mol. The normalized spacial score (nSPS) is 16.9. The van der Waals surface area contributed by atoms with E-state index in [9.17, 15) is 9.59 Å². The second-order valence-corrected chi connectivity index (χ2v) is 10.0. The minimum absolute atomic E-state index is 0.0399. The average molecular weight is 498 g/mol. The van der Waals surface area contributed by atoms with Gasteiger partial charge >= 0.3 is 0 Å². The molecule has 0 unspecified atom stereocenters. The van der Waals surface area contributed by atoms with Gasteiger partial charge < -0.3 is 15.0 Å². The van der Waals surface area contributed by atoms with Crippen molar-refractivity contribution in [2.45, 2.75) is 64.3 Å². The zero-order valence-electron chi connectivity index (χ0n) is 20.4. The summed E-state index contributed by atoms with van der Waals surface area (Å²) in [6.45, 7) is 6.87. The first-order valence-corrected chi connectivity index (χ1v) is 12.4. The highest BCUT2D eigenvalue weighted by Crippen LogP contribution is 2.27. The van der Waals surface area contributed by atoms with E-state index in [4.69, 9.17) is 16.3 Å². The first-order chi connectivity index (χ1) is 16.8. The standard InChI is InChI=1S/C26H32ClN5O3/c1-4-26(2,3)28-25(34)24(18-11-13-19(27)14-12-18)31(16-20-8-7-15-35-20)23(33)17-32-22-10-6-5-9-21(22)29-30-32/h5-6,9-14,20,24H,4,7-8,15-17H2,1-3H3,(H,28,34)/t20-,24+/m0/s1. The number of carbonyl (C=O) groups excluding carboxylic acids is 2. The molecule has 2 aromatic carbocycles. The number of amides is 2.